The first-order valence-corrected chi connectivity index (χ1v) is 9.39. The van der Waals surface area contributed by atoms with Crippen molar-refractivity contribution in [2.75, 3.05) is 28.8 Å². The molecule has 2 aromatic rings. The number of rotatable bonds is 4. The summed E-state index contributed by atoms with van der Waals surface area (Å²) in [4.78, 5) is 22.2. The number of amides is 1. The summed E-state index contributed by atoms with van der Waals surface area (Å²) in [6, 6.07) is 9.10. The monoisotopic (exact) mass is 346 g/mol. The van der Waals surface area contributed by atoms with Gasteiger partial charge in [-0.05, 0) is 18.6 Å². The van der Waals surface area contributed by atoms with E-state index < -0.39 is 9.84 Å². The van der Waals surface area contributed by atoms with Gasteiger partial charge in [0.05, 0.1) is 23.9 Å². The number of para-hydroxylation sites is 1. The van der Waals surface area contributed by atoms with Crippen LogP contribution >= 0.6 is 0 Å². The molecular weight excluding hydrogens is 328 g/mol. The smallest absolute Gasteiger partial charge is 0.278 e. The Labute approximate surface area is 140 Å². The molecule has 0 bridgehead atoms. The molecule has 1 N–H and O–H groups in total. The number of hydrogen-bond donors (Lipinski definition) is 1. The van der Waals surface area contributed by atoms with Crippen LogP contribution in [0.1, 0.15) is 16.9 Å². The predicted octanol–water partition coefficient (Wildman–Crippen LogP) is 1.35. The van der Waals surface area contributed by atoms with E-state index in [4.69, 9.17) is 0 Å². The molecule has 7 nitrogen and oxygen atoms in total. The van der Waals surface area contributed by atoms with Crippen molar-refractivity contribution in [3.63, 3.8) is 0 Å². The second-order valence-electron chi connectivity index (χ2n) is 5.73. The van der Waals surface area contributed by atoms with Crippen LogP contribution in [0, 0.1) is 0 Å². The molecular formula is C16H18N4O3S. The van der Waals surface area contributed by atoms with Crippen molar-refractivity contribution in [3.8, 4) is 0 Å². The number of hydrogen-bond acceptors (Lipinski definition) is 6. The standard InChI is InChI=1S/C16H18N4O3S/c1-20(13-5-3-2-4-6-13)16(21)14-9-18-15(10-17-14)19-12-7-8-24(22,23)11-12/h2-6,9-10,12H,7-8,11H2,1H3,(H,18,19). The van der Waals surface area contributed by atoms with Crippen molar-refractivity contribution in [2.45, 2.75) is 12.5 Å². The van der Waals surface area contributed by atoms with E-state index in [2.05, 4.69) is 15.3 Å². The van der Waals surface area contributed by atoms with Gasteiger partial charge in [-0.1, -0.05) is 18.2 Å². The molecule has 0 saturated carbocycles. The Bertz CT molecular complexity index is 822. The molecule has 1 unspecified atom stereocenters. The van der Waals surface area contributed by atoms with Gasteiger partial charge >= 0.3 is 0 Å². The van der Waals surface area contributed by atoms with Gasteiger partial charge in [0, 0.05) is 18.8 Å². The zero-order valence-corrected chi connectivity index (χ0v) is 14.0. The highest BCUT2D eigenvalue weighted by Gasteiger charge is 2.28. The Hall–Kier alpha value is -2.48. The summed E-state index contributed by atoms with van der Waals surface area (Å²) in [5.74, 6) is 0.502. The number of sulfone groups is 1. The summed E-state index contributed by atoms with van der Waals surface area (Å²) in [5.41, 5.74) is 0.994. The van der Waals surface area contributed by atoms with Crippen molar-refractivity contribution in [1.29, 1.82) is 0 Å². The van der Waals surface area contributed by atoms with Gasteiger partial charge in [0.25, 0.3) is 5.91 Å². The molecule has 1 saturated heterocycles. The summed E-state index contributed by atoms with van der Waals surface area (Å²) in [5, 5.41) is 3.05. The van der Waals surface area contributed by atoms with Gasteiger partial charge in [-0.25, -0.2) is 18.4 Å². The van der Waals surface area contributed by atoms with Gasteiger partial charge in [-0.3, -0.25) is 4.79 Å². The highest BCUT2D eigenvalue weighted by Crippen LogP contribution is 2.17. The fourth-order valence-electron chi connectivity index (χ4n) is 2.57. The number of anilines is 2. The molecule has 1 aromatic heterocycles. The fraction of sp³-hybridized carbons (Fsp3) is 0.312. The highest BCUT2D eigenvalue weighted by molar-refractivity contribution is 7.91. The van der Waals surface area contributed by atoms with E-state index in [1.165, 1.54) is 17.3 Å². The lowest BCUT2D eigenvalue weighted by molar-refractivity contribution is 0.0988. The Morgan fingerprint density at radius 2 is 1.96 bits per heavy atom. The summed E-state index contributed by atoms with van der Waals surface area (Å²) in [6.45, 7) is 0. The van der Waals surface area contributed by atoms with Crippen LogP contribution in [0.5, 0.6) is 0 Å². The van der Waals surface area contributed by atoms with Gasteiger partial charge in [0.2, 0.25) is 0 Å². The Morgan fingerprint density at radius 3 is 2.54 bits per heavy atom. The van der Waals surface area contributed by atoms with Gasteiger partial charge in [0.15, 0.2) is 9.84 Å². The summed E-state index contributed by atoms with van der Waals surface area (Å²) in [6.07, 6.45) is 3.41. The summed E-state index contributed by atoms with van der Waals surface area (Å²) >= 11 is 0. The van der Waals surface area contributed by atoms with E-state index in [0.29, 0.717) is 12.2 Å². The molecule has 0 radical (unpaired) electrons. The Kier molecular flexibility index (Phi) is 4.48. The van der Waals surface area contributed by atoms with Crippen molar-refractivity contribution < 1.29 is 13.2 Å². The average Bonchev–Trinajstić information content (AvgIpc) is 2.93. The third-order valence-electron chi connectivity index (χ3n) is 3.90. The van der Waals surface area contributed by atoms with Crippen LogP contribution in [0.3, 0.4) is 0 Å². The Balaban J connectivity index is 1.67. The maximum atomic E-state index is 12.4. The molecule has 8 heteroatoms. The maximum Gasteiger partial charge on any atom is 0.278 e. The number of nitrogens with one attached hydrogen (secondary N) is 1. The van der Waals surface area contributed by atoms with E-state index in [0.717, 1.165) is 5.69 Å². The Morgan fingerprint density at radius 1 is 1.21 bits per heavy atom. The van der Waals surface area contributed by atoms with Crippen LogP contribution in [-0.4, -0.2) is 48.9 Å². The largest absolute Gasteiger partial charge is 0.365 e. The second-order valence-corrected chi connectivity index (χ2v) is 7.96. The SMILES string of the molecule is CN(C(=O)c1cnc(NC2CCS(=O)(=O)C2)cn1)c1ccccc1. The molecule has 1 aliphatic rings. The van der Waals surface area contributed by atoms with Gasteiger partial charge in [-0.15, -0.1) is 0 Å². The second kappa shape index (κ2) is 6.56. The first-order valence-electron chi connectivity index (χ1n) is 7.57. The normalized spacial score (nSPS) is 19.0. The molecule has 24 heavy (non-hydrogen) atoms. The first-order chi connectivity index (χ1) is 11.4. The van der Waals surface area contributed by atoms with Crippen LogP contribution in [0.2, 0.25) is 0 Å². The van der Waals surface area contributed by atoms with Crippen LogP contribution in [-0.2, 0) is 9.84 Å². The molecule has 126 valence electrons. The van der Waals surface area contributed by atoms with Crippen molar-refractivity contribution in [2.24, 2.45) is 0 Å². The van der Waals surface area contributed by atoms with E-state index in [1.807, 2.05) is 30.3 Å². The van der Waals surface area contributed by atoms with Gasteiger partial charge in [0.1, 0.15) is 11.5 Å². The zero-order valence-electron chi connectivity index (χ0n) is 13.2. The van der Waals surface area contributed by atoms with E-state index in [-0.39, 0.29) is 29.1 Å². The number of nitrogens with zero attached hydrogens (tertiary/aromatic N) is 3. The maximum absolute atomic E-state index is 12.4. The number of carbonyl (C=O) groups excluding carboxylic acids is 1. The molecule has 0 spiro atoms. The van der Waals surface area contributed by atoms with Gasteiger partial charge < -0.3 is 10.2 Å². The van der Waals surface area contributed by atoms with E-state index >= 15 is 0 Å². The predicted molar refractivity (Wildman–Crippen MR) is 91.9 cm³/mol. The van der Waals surface area contributed by atoms with Crippen molar-refractivity contribution in [1.82, 2.24) is 9.97 Å². The van der Waals surface area contributed by atoms with E-state index in [1.54, 1.807) is 7.05 Å². The highest BCUT2D eigenvalue weighted by atomic mass is 32.2. The molecule has 0 aliphatic carbocycles. The average molecular weight is 346 g/mol. The first kappa shape index (κ1) is 16.4. The molecule has 1 amide bonds. The third-order valence-corrected chi connectivity index (χ3v) is 5.67. The molecule has 1 atom stereocenters. The van der Waals surface area contributed by atoms with Crippen LogP contribution in [0.4, 0.5) is 11.5 Å². The molecule has 1 fully saturated rings. The van der Waals surface area contributed by atoms with Crippen molar-refractivity contribution in [3.05, 3.63) is 48.4 Å². The fourth-order valence-corrected chi connectivity index (χ4v) is 4.25. The number of aromatic nitrogens is 2. The quantitative estimate of drug-likeness (QED) is 0.898. The lowest BCUT2D eigenvalue weighted by atomic mass is 10.2. The van der Waals surface area contributed by atoms with Crippen molar-refractivity contribution >= 4 is 27.2 Å². The minimum Gasteiger partial charge on any atom is -0.365 e. The topological polar surface area (TPSA) is 92.3 Å². The number of benzene rings is 1. The minimum atomic E-state index is -2.95. The van der Waals surface area contributed by atoms with E-state index in [9.17, 15) is 13.2 Å². The summed E-state index contributed by atoms with van der Waals surface area (Å²) in [7, 11) is -1.28. The molecule has 1 aromatic carbocycles. The molecule has 2 heterocycles. The zero-order chi connectivity index (χ0) is 17.2. The van der Waals surface area contributed by atoms with Crippen LogP contribution in [0.25, 0.3) is 0 Å². The lowest BCUT2D eigenvalue weighted by Crippen LogP contribution is -2.27. The molecule has 1 aliphatic heterocycles. The van der Waals surface area contributed by atoms with Crippen LogP contribution < -0.4 is 10.2 Å². The van der Waals surface area contributed by atoms with Gasteiger partial charge in [-0.2, -0.15) is 0 Å². The lowest BCUT2D eigenvalue weighted by Gasteiger charge is -2.17. The summed E-state index contributed by atoms with van der Waals surface area (Å²) < 4.78 is 22.9. The van der Waals surface area contributed by atoms with Crippen LogP contribution in [0.15, 0.2) is 42.7 Å². The minimum absolute atomic E-state index is 0.103. The number of carbonyl (C=O) groups is 1. The third kappa shape index (κ3) is 3.70. The molecule has 3 rings (SSSR count).